The maximum atomic E-state index is 10.4. The lowest BCUT2D eigenvalue weighted by molar-refractivity contribution is -0.115. The van der Waals surface area contributed by atoms with Crippen molar-refractivity contribution in [1.82, 2.24) is 0 Å². The second kappa shape index (κ2) is 4.45. The first-order chi connectivity index (χ1) is 4.62. The fourth-order valence-corrected chi connectivity index (χ4v) is 0.751. The largest absolute Gasteiger partial charge is 0.396 e. The molecule has 2 heteroatoms. The molecule has 0 aromatic heterocycles. The Bertz CT molecular complexity index is 97.4. The van der Waals surface area contributed by atoms with Gasteiger partial charge in [-0.3, -0.25) is 0 Å². The number of aliphatic hydroxyl groups is 1. The monoisotopic (exact) mass is 144 g/mol. The van der Waals surface area contributed by atoms with Crippen LogP contribution in [0.3, 0.4) is 0 Å². The quantitative estimate of drug-likeness (QED) is 0.467. The minimum absolute atomic E-state index is 0.199. The number of unbranched alkanes of at least 4 members (excludes halogenated alkanes) is 1. The number of carbonyl (C=O) groups excluding carboxylic acids is 1. The molecule has 0 fully saturated rings. The summed E-state index contributed by atoms with van der Waals surface area (Å²) in [6, 6.07) is 0. The van der Waals surface area contributed by atoms with Gasteiger partial charge in [-0.1, -0.05) is 20.3 Å². The molecule has 1 N–H and O–H groups in total. The van der Waals surface area contributed by atoms with E-state index in [9.17, 15) is 4.79 Å². The van der Waals surface area contributed by atoms with Gasteiger partial charge >= 0.3 is 0 Å². The predicted octanol–water partition coefficient (Wildman–Crippen LogP) is 1.37. The Hall–Kier alpha value is -0.370. The summed E-state index contributed by atoms with van der Waals surface area (Å²) in [5, 5.41) is 8.45. The van der Waals surface area contributed by atoms with Crippen LogP contribution in [0.25, 0.3) is 0 Å². The Morgan fingerprint density at radius 3 is 2.40 bits per heavy atom. The maximum absolute atomic E-state index is 10.4. The first-order valence-corrected chi connectivity index (χ1v) is 3.69. The van der Waals surface area contributed by atoms with E-state index in [1.807, 2.05) is 13.8 Å². The molecule has 0 aliphatic heterocycles. The van der Waals surface area contributed by atoms with Crippen molar-refractivity contribution in [3.8, 4) is 0 Å². The summed E-state index contributed by atoms with van der Waals surface area (Å²) >= 11 is 0. The summed E-state index contributed by atoms with van der Waals surface area (Å²) in [5.41, 5.74) is -0.199. The van der Waals surface area contributed by atoms with Gasteiger partial charge in [-0.2, -0.15) is 0 Å². The van der Waals surface area contributed by atoms with Gasteiger partial charge in [-0.05, 0) is 12.8 Å². The summed E-state index contributed by atoms with van der Waals surface area (Å²) in [7, 11) is 0. The standard InChI is InChI=1S/C8H16O2/c1-8(2,7-10)5-3-4-6-9/h7,9H,3-6H2,1-2H3. The molecule has 0 atom stereocenters. The zero-order valence-electron chi connectivity index (χ0n) is 6.76. The van der Waals surface area contributed by atoms with Crippen LogP contribution in [0.4, 0.5) is 0 Å². The third-order valence-corrected chi connectivity index (χ3v) is 1.55. The van der Waals surface area contributed by atoms with E-state index in [2.05, 4.69) is 0 Å². The fourth-order valence-electron chi connectivity index (χ4n) is 0.751. The van der Waals surface area contributed by atoms with Gasteiger partial charge in [0.1, 0.15) is 6.29 Å². The Morgan fingerprint density at radius 1 is 1.40 bits per heavy atom. The molecule has 0 aromatic rings. The average Bonchev–Trinajstić information content (AvgIpc) is 1.89. The number of aliphatic hydroxyl groups excluding tert-OH is 1. The molecule has 0 bridgehead atoms. The number of rotatable bonds is 5. The van der Waals surface area contributed by atoms with Crippen molar-refractivity contribution in [3.63, 3.8) is 0 Å². The molecule has 10 heavy (non-hydrogen) atoms. The van der Waals surface area contributed by atoms with Crippen LogP contribution in [0.1, 0.15) is 33.1 Å². The smallest absolute Gasteiger partial charge is 0.125 e. The molecule has 0 aliphatic carbocycles. The summed E-state index contributed by atoms with van der Waals surface area (Å²) in [6.07, 6.45) is 3.58. The van der Waals surface area contributed by atoms with Crippen LogP contribution in [-0.4, -0.2) is 18.0 Å². The van der Waals surface area contributed by atoms with E-state index in [0.29, 0.717) is 0 Å². The van der Waals surface area contributed by atoms with E-state index in [1.54, 1.807) is 0 Å². The molecule has 0 spiro atoms. The molecule has 60 valence electrons. The van der Waals surface area contributed by atoms with Gasteiger partial charge in [0.15, 0.2) is 0 Å². The van der Waals surface area contributed by atoms with Crippen LogP contribution in [-0.2, 0) is 4.79 Å². The zero-order chi connectivity index (χ0) is 8.04. The van der Waals surface area contributed by atoms with Crippen molar-refractivity contribution >= 4 is 6.29 Å². The van der Waals surface area contributed by atoms with Gasteiger partial charge in [-0.15, -0.1) is 0 Å². The molecule has 0 saturated carbocycles. The lowest BCUT2D eigenvalue weighted by Gasteiger charge is -2.15. The Morgan fingerprint density at radius 2 is 2.00 bits per heavy atom. The van der Waals surface area contributed by atoms with Gasteiger partial charge in [0.2, 0.25) is 0 Å². The lowest BCUT2D eigenvalue weighted by Crippen LogP contribution is -2.12. The van der Waals surface area contributed by atoms with Crippen molar-refractivity contribution in [1.29, 1.82) is 0 Å². The molecular formula is C8H16O2. The highest BCUT2D eigenvalue weighted by atomic mass is 16.2. The van der Waals surface area contributed by atoms with Gasteiger partial charge in [0.05, 0.1) is 0 Å². The highest BCUT2D eigenvalue weighted by Crippen LogP contribution is 2.19. The van der Waals surface area contributed by atoms with Crippen LogP contribution in [0, 0.1) is 5.41 Å². The summed E-state index contributed by atoms with van der Waals surface area (Å²) in [4.78, 5) is 10.4. The molecule has 0 aromatic carbocycles. The molecule has 0 radical (unpaired) electrons. The average molecular weight is 144 g/mol. The second-order valence-electron chi connectivity index (χ2n) is 3.29. The minimum Gasteiger partial charge on any atom is -0.396 e. The van der Waals surface area contributed by atoms with Crippen molar-refractivity contribution in [2.24, 2.45) is 5.41 Å². The van der Waals surface area contributed by atoms with Gasteiger partial charge in [-0.25, -0.2) is 0 Å². The van der Waals surface area contributed by atoms with E-state index in [-0.39, 0.29) is 12.0 Å². The van der Waals surface area contributed by atoms with E-state index in [0.717, 1.165) is 25.5 Å². The molecular weight excluding hydrogens is 128 g/mol. The third kappa shape index (κ3) is 4.50. The van der Waals surface area contributed by atoms with Crippen molar-refractivity contribution in [2.45, 2.75) is 33.1 Å². The van der Waals surface area contributed by atoms with Gasteiger partial charge < -0.3 is 9.90 Å². The van der Waals surface area contributed by atoms with E-state index < -0.39 is 0 Å². The highest BCUT2D eigenvalue weighted by molar-refractivity contribution is 5.57. The normalized spacial score (nSPS) is 11.5. The van der Waals surface area contributed by atoms with Crippen LogP contribution in [0.5, 0.6) is 0 Å². The highest BCUT2D eigenvalue weighted by Gasteiger charge is 2.14. The Labute approximate surface area is 62.2 Å². The predicted molar refractivity (Wildman–Crippen MR) is 40.8 cm³/mol. The van der Waals surface area contributed by atoms with Crippen molar-refractivity contribution < 1.29 is 9.90 Å². The van der Waals surface area contributed by atoms with Gasteiger partial charge in [0.25, 0.3) is 0 Å². The van der Waals surface area contributed by atoms with Gasteiger partial charge in [0, 0.05) is 12.0 Å². The Kier molecular flexibility index (Phi) is 4.28. The lowest BCUT2D eigenvalue weighted by atomic mass is 9.89. The molecule has 0 rings (SSSR count). The zero-order valence-corrected chi connectivity index (χ0v) is 6.76. The van der Waals surface area contributed by atoms with E-state index in [1.165, 1.54) is 0 Å². The van der Waals surface area contributed by atoms with Crippen LogP contribution in [0.2, 0.25) is 0 Å². The SMILES string of the molecule is CC(C)(C=O)CCCCO. The molecule has 2 nitrogen and oxygen atoms in total. The Balaban J connectivity index is 3.37. The topological polar surface area (TPSA) is 37.3 Å². The molecule has 0 unspecified atom stereocenters. The van der Waals surface area contributed by atoms with Crippen LogP contribution in [0.15, 0.2) is 0 Å². The summed E-state index contributed by atoms with van der Waals surface area (Å²) in [6.45, 7) is 4.06. The molecule has 0 aliphatic rings. The first-order valence-electron chi connectivity index (χ1n) is 3.69. The number of carbonyl (C=O) groups is 1. The first kappa shape index (κ1) is 9.63. The molecule has 0 saturated heterocycles. The number of aldehydes is 1. The second-order valence-corrected chi connectivity index (χ2v) is 3.29. The van der Waals surface area contributed by atoms with Crippen molar-refractivity contribution in [2.75, 3.05) is 6.61 Å². The minimum atomic E-state index is -0.199. The molecule has 0 heterocycles. The van der Waals surface area contributed by atoms with Crippen LogP contribution < -0.4 is 0 Å². The van der Waals surface area contributed by atoms with E-state index >= 15 is 0 Å². The summed E-state index contributed by atoms with van der Waals surface area (Å²) in [5.74, 6) is 0. The van der Waals surface area contributed by atoms with Crippen LogP contribution >= 0.6 is 0 Å². The van der Waals surface area contributed by atoms with E-state index in [4.69, 9.17) is 5.11 Å². The summed E-state index contributed by atoms with van der Waals surface area (Å²) < 4.78 is 0. The molecule has 0 amide bonds. The number of hydrogen-bond acceptors (Lipinski definition) is 2. The van der Waals surface area contributed by atoms with Crippen molar-refractivity contribution in [3.05, 3.63) is 0 Å². The maximum Gasteiger partial charge on any atom is 0.125 e. The number of hydrogen-bond donors (Lipinski definition) is 1. The third-order valence-electron chi connectivity index (χ3n) is 1.55. The fraction of sp³-hybridized carbons (Fsp3) is 0.875.